The molecule has 0 radical (unpaired) electrons. The summed E-state index contributed by atoms with van der Waals surface area (Å²) in [4.78, 5) is 0. The number of hydrogen-bond donors (Lipinski definition) is 0. The molecule has 0 fully saturated rings. The van der Waals surface area contributed by atoms with Crippen LogP contribution in [-0.2, 0) is 4.57 Å². The van der Waals surface area contributed by atoms with Crippen LogP contribution in [0.2, 0.25) is 0 Å². The topological polar surface area (TPSA) is 43.4 Å². The SMILES string of the molecule is CC.CC.O=P(c1ccccc1)(c1ccccc1)c1cccc(-c2ccc3oc4ccc(-c5ccc6oc7ccc(-c8ccc9c%10ccccc%10c%10ccccc%10c9c8)cc7c6c5)cc4c3c2)c1. The molecule has 4 heteroatoms. The van der Waals surface area contributed by atoms with Crippen LogP contribution in [0.4, 0.5) is 0 Å². The fourth-order valence-corrected chi connectivity index (χ4v) is 12.7. The monoisotopic (exact) mass is 896 g/mol. The summed E-state index contributed by atoms with van der Waals surface area (Å²) in [5, 5.41) is 14.3. The van der Waals surface area contributed by atoms with Crippen molar-refractivity contribution in [1.82, 2.24) is 0 Å². The van der Waals surface area contributed by atoms with E-state index in [1.54, 1.807) is 0 Å². The van der Waals surface area contributed by atoms with Crippen molar-refractivity contribution < 1.29 is 13.4 Å². The average molecular weight is 897 g/mol. The first-order valence-electron chi connectivity index (χ1n) is 23.7. The lowest BCUT2D eigenvalue weighted by atomic mass is 9.92. The number of benzene rings is 11. The zero-order chi connectivity index (χ0) is 46.4. The smallest absolute Gasteiger partial charge is 0.171 e. The van der Waals surface area contributed by atoms with Crippen molar-refractivity contribution in [2.24, 2.45) is 0 Å². The number of fused-ring (bicyclic) bond motifs is 12. The van der Waals surface area contributed by atoms with Crippen LogP contribution in [0.5, 0.6) is 0 Å². The van der Waals surface area contributed by atoms with Gasteiger partial charge in [0, 0.05) is 37.5 Å². The van der Waals surface area contributed by atoms with Gasteiger partial charge in [-0.1, -0.05) is 191 Å². The van der Waals surface area contributed by atoms with Crippen LogP contribution in [0.25, 0.3) is 110 Å². The van der Waals surface area contributed by atoms with E-state index >= 15 is 4.57 Å². The average Bonchev–Trinajstić information content (AvgIpc) is 3.99. The molecule has 0 unspecified atom stereocenters. The van der Waals surface area contributed by atoms with E-state index in [1.807, 2.05) is 107 Å². The van der Waals surface area contributed by atoms with Crippen LogP contribution in [-0.4, -0.2) is 0 Å². The predicted octanol–water partition coefficient (Wildman–Crippen LogP) is 17.6. The summed E-state index contributed by atoms with van der Waals surface area (Å²) in [5.74, 6) is 0. The number of furan rings is 2. The van der Waals surface area contributed by atoms with E-state index < -0.39 is 7.14 Å². The quantitative estimate of drug-likeness (QED) is 0.123. The van der Waals surface area contributed by atoms with Crippen LogP contribution >= 0.6 is 7.14 Å². The molecule has 0 saturated carbocycles. The van der Waals surface area contributed by atoms with Crippen LogP contribution < -0.4 is 15.9 Å². The molecule has 328 valence electrons. The van der Waals surface area contributed by atoms with Gasteiger partial charge in [0.1, 0.15) is 22.3 Å². The van der Waals surface area contributed by atoms with E-state index in [-0.39, 0.29) is 0 Å². The Bertz CT molecular complexity index is 3970. The Morgan fingerprint density at radius 1 is 0.250 bits per heavy atom. The third kappa shape index (κ3) is 7.10. The molecular formula is C64H49O3P. The summed E-state index contributed by atoms with van der Waals surface area (Å²) in [6.07, 6.45) is 0. The second-order valence-corrected chi connectivity index (χ2v) is 19.5. The van der Waals surface area contributed by atoms with Crippen LogP contribution in [0, 0.1) is 0 Å². The Morgan fingerprint density at radius 3 is 0.941 bits per heavy atom. The molecular weight excluding hydrogens is 848 g/mol. The van der Waals surface area contributed by atoms with Gasteiger partial charge in [0.15, 0.2) is 7.14 Å². The minimum atomic E-state index is -3.14. The Kier molecular flexibility index (Phi) is 11.1. The molecule has 0 amide bonds. The molecule has 3 nitrogen and oxygen atoms in total. The molecule has 13 aromatic rings. The van der Waals surface area contributed by atoms with Gasteiger partial charge in [-0.15, -0.1) is 0 Å². The fraction of sp³-hybridized carbons (Fsp3) is 0.0625. The van der Waals surface area contributed by atoms with Crippen molar-refractivity contribution in [3.63, 3.8) is 0 Å². The van der Waals surface area contributed by atoms with Crippen molar-refractivity contribution in [3.8, 4) is 33.4 Å². The molecule has 0 aliphatic carbocycles. The fourth-order valence-electron chi connectivity index (χ4n) is 9.96. The Hall–Kier alpha value is -7.97. The lowest BCUT2D eigenvalue weighted by Gasteiger charge is -2.20. The molecule has 68 heavy (non-hydrogen) atoms. The van der Waals surface area contributed by atoms with Gasteiger partial charge in [0.2, 0.25) is 0 Å². The first-order chi connectivity index (χ1) is 33.6. The summed E-state index contributed by atoms with van der Waals surface area (Å²) >= 11 is 0. The Morgan fingerprint density at radius 2 is 0.544 bits per heavy atom. The van der Waals surface area contributed by atoms with Gasteiger partial charge in [-0.05, 0) is 126 Å². The molecule has 0 spiro atoms. The Labute approximate surface area is 396 Å². The number of hydrogen-bond acceptors (Lipinski definition) is 3. The van der Waals surface area contributed by atoms with Crippen LogP contribution in [0.1, 0.15) is 27.7 Å². The number of rotatable bonds is 6. The molecule has 0 bridgehead atoms. The summed E-state index contributed by atoms with van der Waals surface area (Å²) in [6.45, 7) is 8.00. The highest BCUT2D eigenvalue weighted by Gasteiger charge is 2.30. The largest absolute Gasteiger partial charge is 0.456 e. The first-order valence-corrected chi connectivity index (χ1v) is 25.4. The normalized spacial score (nSPS) is 11.6. The summed E-state index contributed by atoms with van der Waals surface area (Å²) < 4.78 is 28.1. The van der Waals surface area contributed by atoms with Crippen LogP contribution in [0.3, 0.4) is 0 Å². The summed E-state index contributed by atoms with van der Waals surface area (Å²) in [5.41, 5.74) is 9.92. The molecule has 0 N–H and O–H groups in total. The van der Waals surface area contributed by atoms with Crippen molar-refractivity contribution in [3.05, 3.63) is 224 Å². The highest BCUT2D eigenvalue weighted by atomic mass is 31.2. The van der Waals surface area contributed by atoms with E-state index in [1.165, 1.54) is 37.9 Å². The predicted molar refractivity (Wildman–Crippen MR) is 292 cm³/mol. The van der Waals surface area contributed by atoms with Crippen molar-refractivity contribution in [1.29, 1.82) is 0 Å². The maximum Gasteiger partial charge on any atom is 0.171 e. The third-order valence-corrected chi connectivity index (χ3v) is 16.2. The van der Waals surface area contributed by atoms with E-state index in [4.69, 9.17) is 8.83 Å². The molecule has 2 aromatic heterocycles. The molecule has 11 aromatic carbocycles. The van der Waals surface area contributed by atoms with Gasteiger partial charge in [-0.3, -0.25) is 0 Å². The van der Waals surface area contributed by atoms with E-state index in [0.717, 1.165) is 87.6 Å². The lowest BCUT2D eigenvalue weighted by Crippen LogP contribution is -2.25. The van der Waals surface area contributed by atoms with E-state index in [9.17, 15) is 0 Å². The Balaban J connectivity index is 0.00000124. The third-order valence-electron chi connectivity index (χ3n) is 13.1. The highest BCUT2D eigenvalue weighted by Crippen LogP contribution is 2.44. The van der Waals surface area contributed by atoms with Gasteiger partial charge in [0.25, 0.3) is 0 Å². The van der Waals surface area contributed by atoms with E-state index in [2.05, 4.69) is 146 Å². The molecule has 0 saturated heterocycles. The summed E-state index contributed by atoms with van der Waals surface area (Å²) in [6, 6.07) is 78.0. The molecule has 0 aliphatic heterocycles. The first kappa shape index (κ1) is 42.7. The summed E-state index contributed by atoms with van der Waals surface area (Å²) in [7, 11) is -3.14. The minimum absolute atomic E-state index is 0.802. The second kappa shape index (κ2) is 17.7. The van der Waals surface area contributed by atoms with E-state index in [0.29, 0.717) is 0 Å². The molecule has 0 atom stereocenters. The van der Waals surface area contributed by atoms with Gasteiger partial charge in [-0.25, -0.2) is 0 Å². The standard InChI is InChI=1S/C60H37O3P.2C2H6/c61-64(44-13-3-1-4-14-44,45-15-5-2-6-16-45)46-17-11-12-38(32-46)40-23-28-57-53(34-40)55-36-42(25-30-59(55)62-57)43-26-31-60-56(37-43)54-35-41(24-29-58(54)63-60)39-22-27-51-49-20-8-7-18-47(49)48-19-9-10-21-50(48)52(51)33-39;2*1-2/h1-37H;2*1-2H3. The maximum absolute atomic E-state index is 15.2. The molecule has 13 rings (SSSR count). The molecule has 0 aliphatic rings. The highest BCUT2D eigenvalue weighted by molar-refractivity contribution is 7.85. The van der Waals surface area contributed by atoms with Gasteiger partial charge in [-0.2, -0.15) is 0 Å². The van der Waals surface area contributed by atoms with Crippen LogP contribution in [0.15, 0.2) is 233 Å². The van der Waals surface area contributed by atoms with Gasteiger partial charge >= 0.3 is 0 Å². The zero-order valence-electron chi connectivity index (χ0n) is 38.5. The van der Waals surface area contributed by atoms with Crippen molar-refractivity contribution >= 4 is 99.2 Å². The second-order valence-electron chi connectivity index (χ2n) is 16.7. The zero-order valence-corrected chi connectivity index (χ0v) is 39.4. The lowest BCUT2D eigenvalue weighted by molar-refractivity contribution is 0.592. The minimum Gasteiger partial charge on any atom is -0.456 e. The van der Waals surface area contributed by atoms with Gasteiger partial charge < -0.3 is 13.4 Å². The maximum atomic E-state index is 15.2. The molecule has 2 heterocycles. The van der Waals surface area contributed by atoms with Gasteiger partial charge in [0.05, 0.1) is 0 Å². The van der Waals surface area contributed by atoms with Crippen molar-refractivity contribution in [2.45, 2.75) is 27.7 Å². The van der Waals surface area contributed by atoms with Crippen molar-refractivity contribution in [2.75, 3.05) is 0 Å².